The lowest BCUT2D eigenvalue weighted by Crippen LogP contribution is -2.65. The lowest BCUT2D eigenvalue weighted by Gasteiger charge is -2.36. The minimum atomic E-state index is -1.27. The molecular formula is C41H49N9O5S2. The maximum Gasteiger partial charge on any atom is 0.243 e. The number of primary amides is 1. The van der Waals surface area contributed by atoms with E-state index in [1.807, 2.05) is 71.4 Å². The fourth-order valence-corrected chi connectivity index (χ4v) is 9.47. The SMILES string of the molecule is NC(=O)C1(NC(=O)[C@H](Cc2cccs2)NC(=O)[C@@H](Cc2c[nH]c3ccccc23)NC(=O)[C@@H](Cc2csc3ccccc23)NC(=O)C2(N)CCNCC2)CCNCC1. The molecule has 0 aliphatic carbocycles. The third-order valence-electron chi connectivity index (χ3n) is 11.2. The van der Waals surface area contributed by atoms with E-state index in [9.17, 15) is 24.0 Å². The number of aromatic amines is 1. The van der Waals surface area contributed by atoms with Gasteiger partial charge in [-0.1, -0.05) is 42.5 Å². The molecule has 0 saturated carbocycles. The second kappa shape index (κ2) is 17.6. The summed E-state index contributed by atoms with van der Waals surface area (Å²) in [4.78, 5) is 74.0. The maximum absolute atomic E-state index is 14.6. The Labute approximate surface area is 338 Å². The number of hydrogen-bond donors (Lipinski definition) is 9. The average molecular weight is 812 g/mol. The zero-order chi connectivity index (χ0) is 40.0. The molecule has 3 atom stereocenters. The summed E-state index contributed by atoms with van der Waals surface area (Å²) in [6.45, 7) is 2.12. The van der Waals surface area contributed by atoms with Crippen molar-refractivity contribution in [1.29, 1.82) is 0 Å². The molecule has 16 heteroatoms. The molecule has 2 aliphatic rings. The molecule has 0 spiro atoms. The molecule has 7 rings (SSSR count). The number of nitrogens with two attached hydrogens (primary N) is 2. The van der Waals surface area contributed by atoms with Crippen molar-refractivity contribution in [2.24, 2.45) is 11.5 Å². The van der Waals surface area contributed by atoms with E-state index in [1.165, 1.54) is 11.3 Å². The van der Waals surface area contributed by atoms with Crippen LogP contribution in [-0.2, 0) is 43.2 Å². The molecule has 5 heterocycles. The fourth-order valence-electron chi connectivity index (χ4n) is 7.74. The van der Waals surface area contributed by atoms with Crippen LogP contribution in [0, 0.1) is 0 Å². The number of hydrogen-bond acceptors (Lipinski definition) is 10. The van der Waals surface area contributed by atoms with Gasteiger partial charge in [0.15, 0.2) is 0 Å². The summed E-state index contributed by atoms with van der Waals surface area (Å²) in [6.07, 6.45) is 3.59. The van der Waals surface area contributed by atoms with Crippen LogP contribution >= 0.6 is 22.7 Å². The van der Waals surface area contributed by atoms with Crippen molar-refractivity contribution >= 4 is 73.2 Å². The van der Waals surface area contributed by atoms with E-state index in [-0.39, 0.29) is 19.3 Å². The van der Waals surface area contributed by atoms with E-state index in [0.717, 1.165) is 37.0 Å². The normalized spacial score (nSPS) is 17.9. The molecular weight excluding hydrogens is 763 g/mol. The number of rotatable bonds is 15. The molecule has 2 aromatic carbocycles. The van der Waals surface area contributed by atoms with Crippen molar-refractivity contribution in [2.75, 3.05) is 26.2 Å². The van der Waals surface area contributed by atoms with Gasteiger partial charge in [0, 0.05) is 45.9 Å². The number of piperidine rings is 2. The number of nitrogens with one attached hydrogen (secondary N) is 7. The van der Waals surface area contributed by atoms with E-state index in [2.05, 4.69) is 36.9 Å². The summed E-state index contributed by atoms with van der Waals surface area (Å²) in [7, 11) is 0. The smallest absolute Gasteiger partial charge is 0.243 e. The third-order valence-corrected chi connectivity index (χ3v) is 13.1. The second-order valence-electron chi connectivity index (χ2n) is 15.0. The Hall–Kier alpha value is -5.13. The molecule has 0 radical (unpaired) electrons. The topological polar surface area (TPSA) is 225 Å². The zero-order valence-electron chi connectivity index (χ0n) is 31.5. The highest BCUT2D eigenvalue weighted by Crippen LogP contribution is 2.27. The summed E-state index contributed by atoms with van der Waals surface area (Å²) >= 11 is 2.98. The van der Waals surface area contributed by atoms with Crippen LogP contribution in [0.3, 0.4) is 0 Å². The van der Waals surface area contributed by atoms with Gasteiger partial charge in [-0.05, 0) is 97.3 Å². The number of H-pyrrole nitrogens is 1. The summed E-state index contributed by atoms with van der Waals surface area (Å²) in [5.41, 5.74) is 12.5. The predicted octanol–water partition coefficient (Wildman–Crippen LogP) is 1.73. The highest BCUT2D eigenvalue weighted by atomic mass is 32.1. The summed E-state index contributed by atoms with van der Waals surface area (Å²) in [5, 5.41) is 23.9. The number of amides is 5. The van der Waals surface area contributed by atoms with Gasteiger partial charge >= 0.3 is 0 Å². The van der Waals surface area contributed by atoms with Crippen LogP contribution in [0.2, 0.25) is 0 Å². The van der Waals surface area contributed by atoms with Crippen LogP contribution in [0.1, 0.15) is 41.7 Å². The van der Waals surface area contributed by atoms with Gasteiger partial charge in [-0.25, -0.2) is 0 Å². The van der Waals surface area contributed by atoms with Crippen LogP contribution in [0.15, 0.2) is 77.6 Å². The minimum absolute atomic E-state index is 0.0698. The quantitative estimate of drug-likeness (QED) is 0.0756. The van der Waals surface area contributed by atoms with Crippen LogP contribution in [-0.4, -0.2) is 89.9 Å². The average Bonchev–Trinajstić information content (AvgIpc) is 3.98. The van der Waals surface area contributed by atoms with E-state index in [0.29, 0.717) is 51.9 Å². The Morgan fingerprint density at radius 2 is 1.30 bits per heavy atom. The molecule has 0 bridgehead atoms. The van der Waals surface area contributed by atoms with Crippen molar-refractivity contribution in [3.05, 3.63) is 93.6 Å². The van der Waals surface area contributed by atoms with Crippen LogP contribution in [0.5, 0.6) is 0 Å². The van der Waals surface area contributed by atoms with Crippen molar-refractivity contribution in [3.63, 3.8) is 0 Å². The molecule has 11 N–H and O–H groups in total. The molecule has 2 saturated heterocycles. The van der Waals surface area contributed by atoms with E-state index >= 15 is 0 Å². The van der Waals surface area contributed by atoms with Gasteiger partial charge in [-0.15, -0.1) is 22.7 Å². The van der Waals surface area contributed by atoms with Crippen molar-refractivity contribution in [2.45, 2.75) is 74.1 Å². The Kier molecular flexibility index (Phi) is 12.4. The Balaban J connectivity index is 1.19. The van der Waals surface area contributed by atoms with Crippen molar-refractivity contribution in [3.8, 4) is 0 Å². The largest absolute Gasteiger partial charge is 0.368 e. The molecule has 14 nitrogen and oxygen atoms in total. The summed E-state index contributed by atoms with van der Waals surface area (Å²) in [5.74, 6) is -2.81. The molecule has 300 valence electrons. The van der Waals surface area contributed by atoms with Gasteiger partial charge in [0.2, 0.25) is 29.5 Å². The number of fused-ring (bicyclic) bond motifs is 2. The Morgan fingerprint density at radius 1 is 0.684 bits per heavy atom. The van der Waals surface area contributed by atoms with Gasteiger partial charge in [-0.2, -0.15) is 0 Å². The molecule has 3 aromatic heterocycles. The van der Waals surface area contributed by atoms with Crippen LogP contribution in [0.25, 0.3) is 21.0 Å². The Bertz CT molecular complexity index is 2220. The summed E-state index contributed by atoms with van der Waals surface area (Å²) < 4.78 is 1.04. The predicted molar refractivity (Wildman–Crippen MR) is 223 cm³/mol. The number of carbonyl (C=O) groups is 5. The molecule has 2 aliphatic heterocycles. The number of aromatic nitrogens is 1. The lowest BCUT2D eigenvalue weighted by molar-refractivity contribution is -0.136. The molecule has 0 unspecified atom stereocenters. The lowest BCUT2D eigenvalue weighted by atomic mass is 9.87. The van der Waals surface area contributed by atoms with Crippen molar-refractivity contribution in [1.82, 2.24) is 36.9 Å². The van der Waals surface area contributed by atoms with Gasteiger partial charge in [0.1, 0.15) is 23.7 Å². The van der Waals surface area contributed by atoms with Crippen LogP contribution in [0.4, 0.5) is 0 Å². The van der Waals surface area contributed by atoms with Crippen LogP contribution < -0.4 is 43.4 Å². The maximum atomic E-state index is 14.6. The first-order chi connectivity index (χ1) is 27.5. The molecule has 2 fully saturated rings. The highest BCUT2D eigenvalue weighted by Gasteiger charge is 2.42. The van der Waals surface area contributed by atoms with E-state index < -0.39 is 58.7 Å². The first-order valence-electron chi connectivity index (χ1n) is 19.3. The number of carbonyl (C=O) groups excluding carboxylic acids is 5. The van der Waals surface area contributed by atoms with Gasteiger partial charge in [0.25, 0.3) is 0 Å². The molecule has 5 aromatic rings. The minimum Gasteiger partial charge on any atom is -0.368 e. The van der Waals surface area contributed by atoms with Gasteiger partial charge in [0.05, 0.1) is 5.54 Å². The molecule has 57 heavy (non-hydrogen) atoms. The number of benzene rings is 2. The molecule has 5 amide bonds. The second-order valence-corrected chi connectivity index (χ2v) is 17.0. The number of thiophene rings is 2. The standard InChI is InChI=1S/C41H49N9O5S2/c42-38(54)41(13-17-45-18-14-41)50-37(53)33(22-27-6-5-19-56-27)48-35(51)31(20-25-23-46-30-9-3-1-7-28(25)30)47-36(52)32(49-39(55)40(43)11-15-44-16-12-40)21-26-24-57-34-10-4-2-8-29(26)34/h1-10,19,23-24,31-33,44-46H,11-18,20-22,43H2,(H2,42,54)(H,47,52)(H,48,51)(H,49,55)(H,50,53)/t31-,32-,33+/m1/s1. The monoisotopic (exact) mass is 811 g/mol. The van der Waals surface area contributed by atoms with Gasteiger partial charge in [-0.3, -0.25) is 24.0 Å². The fraction of sp³-hybridized carbons (Fsp3) is 0.390. The van der Waals surface area contributed by atoms with Crippen molar-refractivity contribution < 1.29 is 24.0 Å². The van der Waals surface area contributed by atoms with E-state index in [1.54, 1.807) is 17.5 Å². The highest BCUT2D eigenvalue weighted by molar-refractivity contribution is 7.17. The first kappa shape index (κ1) is 40.1. The van der Waals surface area contributed by atoms with E-state index in [4.69, 9.17) is 11.5 Å². The Morgan fingerprint density at radius 3 is 1.98 bits per heavy atom. The van der Waals surface area contributed by atoms with Gasteiger partial charge < -0.3 is 48.4 Å². The summed E-state index contributed by atoms with van der Waals surface area (Å²) in [6, 6.07) is 15.9. The first-order valence-corrected chi connectivity index (χ1v) is 21.1. The number of para-hydroxylation sites is 1. The third kappa shape index (κ3) is 9.21. The zero-order valence-corrected chi connectivity index (χ0v) is 33.2.